The van der Waals surface area contributed by atoms with Crippen molar-refractivity contribution in [1.82, 2.24) is 19.6 Å². The molecule has 12 heteroatoms. The predicted octanol–water partition coefficient (Wildman–Crippen LogP) is 0.246. The smallest absolute Gasteiger partial charge is 0.317 e. The fourth-order valence-corrected chi connectivity index (χ4v) is 4.73. The Kier molecular flexibility index (Phi) is 13.1. The molecule has 1 atom stereocenters. The summed E-state index contributed by atoms with van der Waals surface area (Å²) in [5.41, 5.74) is 2.32. The van der Waals surface area contributed by atoms with Gasteiger partial charge in [-0.2, -0.15) is 0 Å². The number of aliphatic carboxylic acids is 4. The predicted molar refractivity (Wildman–Crippen MR) is 139 cm³/mol. The van der Waals surface area contributed by atoms with Crippen LogP contribution in [0.2, 0.25) is 0 Å². The highest BCUT2D eigenvalue weighted by atomic mass is 16.4. The molecule has 1 aliphatic heterocycles. The fraction of sp³-hybridized carbons (Fsp3) is 0.615. The summed E-state index contributed by atoms with van der Waals surface area (Å²) in [6.07, 6.45) is 2.16. The molecule has 0 saturated carbocycles. The minimum Gasteiger partial charge on any atom is -0.480 e. The van der Waals surface area contributed by atoms with E-state index in [9.17, 15) is 39.6 Å². The van der Waals surface area contributed by atoms with Gasteiger partial charge in [0.2, 0.25) is 0 Å². The second kappa shape index (κ2) is 16.0. The van der Waals surface area contributed by atoms with Gasteiger partial charge in [-0.15, -0.1) is 0 Å². The van der Waals surface area contributed by atoms with Gasteiger partial charge in [-0.3, -0.25) is 38.8 Å². The SMILES string of the molecule is Cc1ccc(CCCC2CN(CC(=O)O)CCN(CC(=O)O)CCN(CC(=O)O)CCN2CC(=O)O)cc1. The molecule has 1 aromatic rings. The minimum absolute atomic E-state index is 0.243. The van der Waals surface area contributed by atoms with Crippen molar-refractivity contribution in [2.45, 2.75) is 32.2 Å². The highest BCUT2D eigenvalue weighted by molar-refractivity contribution is 5.70. The van der Waals surface area contributed by atoms with Gasteiger partial charge in [0.1, 0.15) is 0 Å². The molecule has 1 unspecified atom stereocenters. The van der Waals surface area contributed by atoms with Crippen molar-refractivity contribution in [2.75, 3.05) is 72.0 Å². The minimum atomic E-state index is -1.02. The highest BCUT2D eigenvalue weighted by Gasteiger charge is 2.27. The van der Waals surface area contributed by atoms with E-state index in [-0.39, 0.29) is 64.9 Å². The molecule has 212 valence electrons. The number of carbonyl (C=O) groups is 4. The Hall–Kier alpha value is -3.06. The number of carboxylic acids is 4. The molecule has 0 spiro atoms. The second-order valence-corrected chi connectivity index (χ2v) is 9.86. The van der Waals surface area contributed by atoms with Gasteiger partial charge < -0.3 is 20.4 Å². The third-order valence-corrected chi connectivity index (χ3v) is 6.69. The summed E-state index contributed by atoms with van der Waals surface area (Å²) in [5, 5.41) is 37.8. The number of rotatable bonds is 12. The first kappa shape index (κ1) is 31.2. The van der Waals surface area contributed by atoms with Crippen molar-refractivity contribution in [3.8, 4) is 0 Å². The first-order chi connectivity index (χ1) is 18.0. The van der Waals surface area contributed by atoms with Gasteiger partial charge in [-0.25, -0.2) is 0 Å². The third-order valence-electron chi connectivity index (χ3n) is 6.69. The molecule has 38 heavy (non-hydrogen) atoms. The van der Waals surface area contributed by atoms with Gasteiger partial charge in [0, 0.05) is 51.9 Å². The Labute approximate surface area is 223 Å². The van der Waals surface area contributed by atoms with Gasteiger partial charge in [0.05, 0.1) is 26.2 Å². The Morgan fingerprint density at radius 1 is 0.684 bits per heavy atom. The van der Waals surface area contributed by atoms with E-state index in [0.717, 1.165) is 24.0 Å². The van der Waals surface area contributed by atoms with Gasteiger partial charge in [0.25, 0.3) is 0 Å². The molecule has 1 aliphatic rings. The highest BCUT2D eigenvalue weighted by Crippen LogP contribution is 2.15. The molecule has 4 N–H and O–H groups in total. The van der Waals surface area contributed by atoms with Crippen molar-refractivity contribution < 1.29 is 39.6 Å². The van der Waals surface area contributed by atoms with Crippen LogP contribution >= 0.6 is 0 Å². The van der Waals surface area contributed by atoms with E-state index in [1.807, 2.05) is 19.1 Å². The lowest BCUT2D eigenvalue weighted by molar-refractivity contribution is -0.142. The molecule has 0 amide bonds. The average Bonchev–Trinajstić information content (AvgIpc) is 2.81. The summed E-state index contributed by atoms with van der Waals surface area (Å²) >= 11 is 0. The van der Waals surface area contributed by atoms with E-state index in [2.05, 4.69) is 12.1 Å². The summed E-state index contributed by atoms with van der Waals surface area (Å²) in [4.78, 5) is 53.1. The Balaban J connectivity index is 2.28. The number of aryl methyl sites for hydroxylation is 2. The summed E-state index contributed by atoms with van der Waals surface area (Å²) in [7, 11) is 0. The molecular weight excluding hydrogens is 496 g/mol. The van der Waals surface area contributed by atoms with Crippen LogP contribution in [0.5, 0.6) is 0 Å². The van der Waals surface area contributed by atoms with Crippen molar-refractivity contribution in [3.05, 3.63) is 35.4 Å². The molecule has 0 aliphatic carbocycles. The Morgan fingerprint density at radius 2 is 1.13 bits per heavy atom. The number of benzene rings is 1. The Morgan fingerprint density at radius 3 is 1.63 bits per heavy atom. The van der Waals surface area contributed by atoms with Gasteiger partial charge in [-0.05, 0) is 31.7 Å². The second-order valence-electron chi connectivity index (χ2n) is 9.86. The topological polar surface area (TPSA) is 162 Å². The maximum atomic E-state index is 11.8. The molecule has 1 aromatic carbocycles. The average molecular weight is 537 g/mol. The molecule has 1 heterocycles. The molecule has 1 saturated heterocycles. The van der Waals surface area contributed by atoms with Crippen LogP contribution in [0.25, 0.3) is 0 Å². The zero-order valence-corrected chi connectivity index (χ0v) is 22.0. The van der Waals surface area contributed by atoms with Crippen molar-refractivity contribution in [3.63, 3.8) is 0 Å². The zero-order valence-electron chi connectivity index (χ0n) is 22.0. The van der Waals surface area contributed by atoms with E-state index < -0.39 is 23.9 Å². The molecular formula is C26H40N4O8. The number of nitrogens with zero attached hydrogens (tertiary/aromatic N) is 4. The van der Waals surface area contributed by atoms with E-state index in [4.69, 9.17) is 0 Å². The lowest BCUT2D eigenvalue weighted by atomic mass is 10.0. The molecule has 2 rings (SSSR count). The van der Waals surface area contributed by atoms with Crippen LogP contribution in [-0.4, -0.2) is 142 Å². The van der Waals surface area contributed by atoms with Crippen LogP contribution < -0.4 is 0 Å². The molecule has 0 radical (unpaired) electrons. The molecule has 1 fully saturated rings. The van der Waals surface area contributed by atoms with Crippen LogP contribution in [0, 0.1) is 6.92 Å². The standard InChI is InChI=1S/C26H40N4O8/c1-20-5-7-21(8-6-20)3-2-4-22-15-29(18-25(35)36)12-11-27(16-23(31)32)9-10-28(17-24(33)34)13-14-30(22)19-26(37)38/h5-8,22H,2-4,9-19H2,1H3,(H,31,32)(H,33,34)(H,35,36)(H,37,38). The van der Waals surface area contributed by atoms with Crippen LogP contribution in [0.3, 0.4) is 0 Å². The van der Waals surface area contributed by atoms with Crippen molar-refractivity contribution >= 4 is 23.9 Å². The first-order valence-electron chi connectivity index (χ1n) is 12.9. The van der Waals surface area contributed by atoms with Crippen LogP contribution in [0.4, 0.5) is 0 Å². The maximum Gasteiger partial charge on any atom is 0.317 e. The van der Waals surface area contributed by atoms with E-state index in [1.54, 1.807) is 19.6 Å². The quantitative estimate of drug-likeness (QED) is 0.288. The lowest BCUT2D eigenvalue weighted by Crippen LogP contribution is -2.53. The largest absolute Gasteiger partial charge is 0.480 e. The van der Waals surface area contributed by atoms with Crippen molar-refractivity contribution in [2.24, 2.45) is 0 Å². The van der Waals surface area contributed by atoms with Gasteiger partial charge in [0.15, 0.2) is 0 Å². The Bertz CT molecular complexity index is 926. The molecule has 0 aromatic heterocycles. The number of carboxylic acid groups (broad SMARTS) is 4. The zero-order chi connectivity index (χ0) is 28.1. The summed E-state index contributed by atoms with van der Waals surface area (Å²) in [6, 6.07) is 7.91. The van der Waals surface area contributed by atoms with Crippen LogP contribution in [-0.2, 0) is 25.6 Å². The monoisotopic (exact) mass is 536 g/mol. The van der Waals surface area contributed by atoms with Crippen molar-refractivity contribution in [1.29, 1.82) is 0 Å². The third kappa shape index (κ3) is 12.5. The molecule has 0 bridgehead atoms. The number of hydrogen-bond donors (Lipinski definition) is 4. The van der Waals surface area contributed by atoms with Crippen LogP contribution in [0.15, 0.2) is 24.3 Å². The molecule has 12 nitrogen and oxygen atoms in total. The van der Waals surface area contributed by atoms with E-state index >= 15 is 0 Å². The van der Waals surface area contributed by atoms with Gasteiger partial charge >= 0.3 is 23.9 Å². The summed E-state index contributed by atoms with van der Waals surface area (Å²) < 4.78 is 0. The van der Waals surface area contributed by atoms with Gasteiger partial charge in [-0.1, -0.05) is 29.8 Å². The first-order valence-corrected chi connectivity index (χ1v) is 12.9. The normalized spacial score (nSPS) is 19.3. The van der Waals surface area contributed by atoms with E-state index in [1.165, 1.54) is 0 Å². The lowest BCUT2D eigenvalue weighted by Gasteiger charge is -2.37. The number of hydrogen-bond acceptors (Lipinski definition) is 8. The van der Waals surface area contributed by atoms with E-state index in [0.29, 0.717) is 19.5 Å². The maximum absolute atomic E-state index is 11.8. The van der Waals surface area contributed by atoms with Crippen LogP contribution in [0.1, 0.15) is 24.0 Å². The fourth-order valence-electron chi connectivity index (χ4n) is 4.73. The summed E-state index contributed by atoms with van der Waals surface area (Å²) in [5.74, 6) is -4.07. The summed E-state index contributed by atoms with van der Waals surface area (Å²) in [6.45, 7) is 3.05.